The number of pyridine rings is 2. The van der Waals surface area contributed by atoms with E-state index in [2.05, 4.69) is 15.3 Å². The Balaban J connectivity index is 1.52. The van der Waals surface area contributed by atoms with Gasteiger partial charge in [-0.1, -0.05) is 29.8 Å². The summed E-state index contributed by atoms with van der Waals surface area (Å²) < 4.78 is 5.74. The Labute approximate surface area is 140 Å². The normalized spacial score (nSPS) is 10.3. The van der Waals surface area contributed by atoms with Gasteiger partial charge in [0.2, 0.25) is 0 Å². The van der Waals surface area contributed by atoms with Crippen molar-refractivity contribution in [3.8, 4) is 5.75 Å². The summed E-state index contributed by atoms with van der Waals surface area (Å²) in [7, 11) is 0. The third-order valence-corrected chi connectivity index (χ3v) is 3.48. The standard InChI is InChI=1S/C18H16ClN3O/c19-18-10-16(7-9-21-18)22-12-14-3-5-17(6-4-14)23-13-15-2-1-8-20-11-15/h1-11H,12-13H2,(H,21,22). The summed E-state index contributed by atoms with van der Waals surface area (Å²) in [6.45, 7) is 1.23. The van der Waals surface area contributed by atoms with Gasteiger partial charge >= 0.3 is 0 Å². The number of aromatic nitrogens is 2. The first-order valence-corrected chi connectivity index (χ1v) is 7.63. The first kappa shape index (κ1) is 15.3. The first-order chi connectivity index (χ1) is 11.3. The second-order valence-electron chi connectivity index (χ2n) is 5.01. The van der Waals surface area contributed by atoms with Gasteiger partial charge in [0, 0.05) is 36.4 Å². The van der Waals surface area contributed by atoms with E-state index >= 15 is 0 Å². The van der Waals surface area contributed by atoms with Crippen LogP contribution in [0.15, 0.2) is 67.1 Å². The number of anilines is 1. The number of hydrogen-bond donors (Lipinski definition) is 1. The fourth-order valence-electron chi connectivity index (χ4n) is 2.07. The number of halogens is 1. The Hall–Kier alpha value is -2.59. The summed E-state index contributed by atoms with van der Waals surface area (Å²) in [5.41, 5.74) is 3.15. The molecule has 0 atom stereocenters. The van der Waals surface area contributed by atoms with Crippen LogP contribution >= 0.6 is 11.6 Å². The van der Waals surface area contributed by atoms with E-state index in [-0.39, 0.29) is 0 Å². The molecule has 0 spiro atoms. The van der Waals surface area contributed by atoms with Gasteiger partial charge in [0.05, 0.1) is 0 Å². The van der Waals surface area contributed by atoms with Crippen LogP contribution in [-0.4, -0.2) is 9.97 Å². The molecule has 1 N–H and O–H groups in total. The van der Waals surface area contributed by atoms with Crippen LogP contribution in [-0.2, 0) is 13.2 Å². The Morgan fingerprint density at radius 2 is 1.87 bits per heavy atom. The van der Waals surface area contributed by atoms with Crippen LogP contribution in [0.1, 0.15) is 11.1 Å². The predicted octanol–water partition coefficient (Wildman–Crippen LogP) is 4.32. The lowest BCUT2D eigenvalue weighted by molar-refractivity contribution is 0.305. The molecule has 23 heavy (non-hydrogen) atoms. The average molecular weight is 326 g/mol. The largest absolute Gasteiger partial charge is 0.489 e. The van der Waals surface area contributed by atoms with Gasteiger partial charge in [-0.15, -0.1) is 0 Å². The number of hydrogen-bond acceptors (Lipinski definition) is 4. The van der Waals surface area contributed by atoms with E-state index < -0.39 is 0 Å². The minimum atomic E-state index is 0.481. The molecule has 3 aromatic rings. The summed E-state index contributed by atoms with van der Waals surface area (Å²) in [6.07, 6.45) is 5.24. The van der Waals surface area contributed by atoms with Crippen molar-refractivity contribution < 1.29 is 4.74 Å². The van der Waals surface area contributed by atoms with Crippen molar-refractivity contribution in [3.63, 3.8) is 0 Å². The van der Waals surface area contributed by atoms with Crippen LogP contribution in [0.2, 0.25) is 5.15 Å². The summed E-state index contributed by atoms with van der Waals surface area (Å²) in [5.74, 6) is 0.838. The molecule has 116 valence electrons. The molecule has 0 aliphatic carbocycles. The van der Waals surface area contributed by atoms with Crippen molar-refractivity contribution in [1.29, 1.82) is 0 Å². The van der Waals surface area contributed by atoms with Crippen LogP contribution < -0.4 is 10.1 Å². The second-order valence-corrected chi connectivity index (χ2v) is 5.40. The maximum absolute atomic E-state index is 5.86. The van der Waals surface area contributed by atoms with Gasteiger partial charge in [0.15, 0.2) is 0 Å². The average Bonchev–Trinajstić information content (AvgIpc) is 2.60. The summed E-state index contributed by atoms with van der Waals surface area (Å²) in [6, 6.07) is 15.6. The first-order valence-electron chi connectivity index (χ1n) is 7.26. The minimum Gasteiger partial charge on any atom is -0.489 e. The van der Waals surface area contributed by atoms with E-state index in [4.69, 9.17) is 16.3 Å². The van der Waals surface area contributed by atoms with Gasteiger partial charge < -0.3 is 10.1 Å². The number of rotatable bonds is 6. The van der Waals surface area contributed by atoms with Gasteiger partial charge in [-0.25, -0.2) is 4.98 Å². The second kappa shape index (κ2) is 7.61. The summed E-state index contributed by atoms with van der Waals surface area (Å²) >= 11 is 5.86. The lowest BCUT2D eigenvalue weighted by atomic mass is 10.2. The quantitative estimate of drug-likeness (QED) is 0.686. The molecule has 2 aromatic heterocycles. The van der Waals surface area contributed by atoms with E-state index in [0.29, 0.717) is 18.3 Å². The molecule has 0 saturated carbocycles. The van der Waals surface area contributed by atoms with Crippen molar-refractivity contribution in [2.75, 3.05) is 5.32 Å². The molecular weight excluding hydrogens is 310 g/mol. The molecule has 0 fully saturated rings. The van der Waals surface area contributed by atoms with Gasteiger partial charge in [0.1, 0.15) is 17.5 Å². The predicted molar refractivity (Wildman–Crippen MR) is 91.6 cm³/mol. The van der Waals surface area contributed by atoms with Gasteiger partial charge in [0.25, 0.3) is 0 Å². The third kappa shape index (κ3) is 4.69. The minimum absolute atomic E-state index is 0.481. The molecule has 2 heterocycles. The molecule has 0 aliphatic heterocycles. The molecule has 3 rings (SSSR count). The highest BCUT2D eigenvalue weighted by Gasteiger charge is 1.99. The number of nitrogens with zero attached hydrogens (tertiary/aromatic N) is 2. The van der Waals surface area contributed by atoms with Crippen molar-refractivity contribution >= 4 is 17.3 Å². The molecule has 4 nitrogen and oxygen atoms in total. The zero-order chi connectivity index (χ0) is 15.9. The third-order valence-electron chi connectivity index (χ3n) is 3.27. The van der Waals surface area contributed by atoms with Crippen molar-refractivity contribution in [2.24, 2.45) is 0 Å². The monoisotopic (exact) mass is 325 g/mol. The van der Waals surface area contributed by atoms with Crippen LogP contribution in [0.25, 0.3) is 0 Å². The maximum atomic E-state index is 5.86. The molecule has 5 heteroatoms. The highest BCUT2D eigenvalue weighted by molar-refractivity contribution is 6.29. The Kier molecular flexibility index (Phi) is 5.06. The van der Waals surface area contributed by atoms with E-state index in [9.17, 15) is 0 Å². The fraction of sp³-hybridized carbons (Fsp3) is 0.111. The highest BCUT2D eigenvalue weighted by atomic mass is 35.5. The number of ether oxygens (including phenoxy) is 1. The summed E-state index contributed by atoms with van der Waals surface area (Å²) in [5, 5.41) is 3.79. The Bertz CT molecular complexity index is 748. The van der Waals surface area contributed by atoms with Crippen molar-refractivity contribution in [2.45, 2.75) is 13.2 Å². The highest BCUT2D eigenvalue weighted by Crippen LogP contribution is 2.16. The van der Waals surface area contributed by atoms with Crippen LogP contribution in [0.3, 0.4) is 0 Å². The molecule has 0 unspecified atom stereocenters. The molecule has 0 amide bonds. The van der Waals surface area contributed by atoms with E-state index in [0.717, 1.165) is 22.6 Å². The van der Waals surface area contributed by atoms with Gasteiger partial charge in [-0.05, 0) is 35.9 Å². The summed E-state index contributed by atoms with van der Waals surface area (Å²) in [4.78, 5) is 8.02. The molecule has 0 radical (unpaired) electrons. The molecule has 0 saturated heterocycles. The zero-order valence-corrected chi connectivity index (χ0v) is 13.2. The van der Waals surface area contributed by atoms with Crippen LogP contribution in [0, 0.1) is 0 Å². The lowest BCUT2D eigenvalue weighted by Gasteiger charge is -2.09. The molecule has 0 aliphatic rings. The van der Waals surface area contributed by atoms with Crippen molar-refractivity contribution in [1.82, 2.24) is 9.97 Å². The Morgan fingerprint density at radius 3 is 2.61 bits per heavy atom. The van der Waals surface area contributed by atoms with Gasteiger partial charge in [-0.3, -0.25) is 4.98 Å². The van der Waals surface area contributed by atoms with Crippen molar-refractivity contribution in [3.05, 3.63) is 83.4 Å². The smallest absolute Gasteiger partial charge is 0.131 e. The molecular formula is C18H16ClN3O. The Morgan fingerprint density at radius 1 is 1.00 bits per heavy atom. The van der Waals surface area contributed by atoms with E-state index in [1.54, 1.807) is 24.7 Å². The topological polar surface area (TPSA) is 47.0 Å². The van der Waals surface area contributed by atoms with E-state index in [1.807, 2.05) is 42.5 Å². The lowest BCUT2D eigenvalue weighted by Crippen LogP contribution is -2.00. The fourth-order valence-corrected chi connectivity index (χ4v) is 2.24. The van der Waals surface area contributed by atoms with Gasteiger partial charge in [-0.2, -0.15) is 0 Å². The maximum Gasteiger partial charge on any atom is 0.131 e. The SMILES string of the molecule is Clc1cc(NCc2ccc(OCc3cccnc3)cc2)ccn1. The molecule has 0 bridgehead atoms. The number of nitrogens with one attached hydrogen (secondary N) is 1. The molecule has 1 aromatic carbocycles. The van der Waals surface area contributed by atoms with Crippen LogP contribution in [0.5, 0.6) is 5.75 Å². The number of benzene rings is 1. The zero-order valence-electron chi connectivity index (χ0n) is 12.4. The van der Waals surface area contributed by atoms with Crippen LogP contribution in [0.4, 0.5) is 5.69 Å². The van der Waals surface area contributed by atoms with E-state index in [1.165, 1.54) is 0 Å².